The Morgan fingerprint density at radius 2 is 2.12 bits per heavy atom. The van der Waals surface area contributed by atoms with Crippen molar-refractivity contribution >= 4 is 29.0 Å². The van der Waals surface area contributed by atoms with E-state index >= 15 is 0 Å². The molecule has 2 N–H and O–H groups in total. The van der Waals surface area contributed by atoms with Gasteiger partial charge in [-0.15, -0.1) is 11.3 Å². The maximum absolute atomic E-state index is 12.2. The van der Waals surface area contributed by atoms with E-state index in [0.29, 0.717) is 6.54 Å². The molecule has 6 nitrogen and oxygen atoms in total. The van der Waals surface area contributed by atoms with Crippen LogP contribution in [0.15, 0.2) is 35.8 Å². The molecule has 2 amide bonds. The van der Waals surface area contributed by atoms with Gasteiger partial charge < -0.3 is 15.5 Å². The van der Waals surface area contributed by atoms with E-state index in [4.69, 9.17) is 0 Å². The molecule has 0 fully saturated rings. The van der Waals surface area contributed by atoms with Crippen LogP contribution >= 0.6 is 11.3 Å². The number of thiophene rings is 1. The third-order valence-electron chi connectivity index (χ3n) is 3.41. The lowest BCUT2D eigenvalue weighted by Crippen LogP contribution is -2.32. The average Bonchev–Trinajstić information content (AvgIpc) is 3.06. The second-order valence-electron chi connectivity index (χ2n) is 5.67. The molecule has 0 spiro atoms. The number of nitrogens with zero attached hydrogens (tertiary/aromatic N) is 2. The Labute approximate surface area is 145 Å². The van der Waals surface area contributed by atoms with Crippen LogP contribution in [0.4, 0.5) is 5.82 Å². The first-order chi connectivity index (χ1) is 11.5. The fourth-order valence-electron chi connectivity index (χ4n) is 2.23. The van der Waals surface area contributed by atoms with Crippen LogP contribution in [0.5, 0.6) is 0 Å². The SMILES string of the molecule is CC(=O)NC(CC(=O)NCc1ccnc(N(C)C)c1)c1cccs1. The molecule has 0 aliphatic carbocycles. The molecular formula is C17H22N4O2S. The molecular weight excluding hydrogens is 324 g/mol. The first-order valence-electron chi connectivity index (χ1n) is 7.65. The summed E-state index contributed by atoms with van der Waals surface area (Å²) in [5.74, 6) is 0.591. The molecule has 0 saturated heterocycles. The Morgan fingerprint density at radius 1 is 1.33 bits per heavy atom. The number of pyridine rings is 1. The van der Waals surface area contributed by atoms with Crippen molar-refractivity contribution in [1.82, 2.24) is 15.6 Å². The second-order valence-corrected chi connectivity index (χ2v) is 6.65. The predicted octanol–water partition coefficient (Wildman–Crippen LogP) is 2.09. The molecule has 2 rings (SSSR count). The monoisotopic (exact) mass is 346 g/mol. The smallest absolute Gasteiger partial charge is 0.222 e. The normalized spacial score (nSPS) is 11.6. The minimum Gasteiger partial charge on any atom is -0.363 e. The van der Waals surface area contributed by atoms with Crippen LogP contribution < -0.4 is 15.5 Å². The largest absolute Gasteiger partial charge is 0.363 e. The van der Waals surface area contributed by atoms with E-state index in [2.05, 4.69) is 15.6 Å². The number of amides is 2. The number of carbonyl (C=O) groups excluding carboxylic acids is 2. The molecule has 2 heterocycles. The Morgan fingerprint density at radius 3 is 2.75 bits per heavy atom. The molecule has 1 atom stereocenters. The van der Waals surface area contributed by atoms with Gasteiger partial charge in [-0.1, -0.05) is 6.07 Å². The minimum absolute atomic E-state index is 0.106. The van der Waals surface area contributed by atoms with Gasteiger partial charge in [-0.2, -0.15) is 0 Å². The summed E-state index contributed by atoms with van der Waals surface area (Å²) in [6, 6.07) is 7.34. The van der Waals surface area contributed by atoms with Crippen LogP contribution in [-0.4, -0.2) is 30.9 Å². The van der Waals surface area contributed by atoms with Crippen LogP contribution in [0.1, 0.15) is 29.8 Å². The standard InChI is InChI=1S/C17H22N4O2S/c1-12(22)20-14(15-5-4-8-24-15)10-17(23)19-11-13-6-7-18-16(9-13)21(2)3/h4-9,14H,10-11H2,1-3H3,(H,19,23)(H,20,22). The van der Waals surface area contributed by atoms with Gasteiger partial charge in [-0.05, 0) is 29.1 Å². The van der Waals surface area contributed by atoms with Crippen molar-refractivity contribution in [2.75, 3.05) is 19.0 Å². The number of carbonyl (C=O) groups is 2. The fraction of sp³-hybridized carbons (Fsp3) is 0.353. The molecule has 2 aromatic heterocycles. The Bertz CT molecular complexity index is 686. The molecule has 1 unspecified atom stereocenters. The molecule has 0 aliphatic heterocycles. The maximum Gasteiger partial charge on any atom is 0.222 e. The van der Waals surface area contributed by atoms with Gasteiger partial charge in [0.2, 0.25) is 11.8 Å². The molecule has 0 aromatic carbocycles. The van der Waals surface area contributed by atoms with Crippen LogP contribution in [-0.2, 0) is 16.1 Å². The summed E-state index contributed by atoms with van der Waals surface area (Å²) >= 11 is 1.53. The zero-order valence-electron chi connectivity index (χ0n) is 14.1. The zero-order chi connectivity index (χ0) is 17.5. The third kappa shape index (κ3) is 5.34. The Kier molecular flexibility index (Phi) is 6.31. The predicted molar refractivity (Wildman–Crippen MR) is 95.9 cm³/mol. The summed E-state index contributed by atoms with van der Waals surface area (Å²) in [7, 11) is 3.84. The second kappa shape index (κ2) is 8.44. The topological polar surface area (TPSA) is 74.3 Å². The number of hydrogen-bond acceptors (Lipinski definition) is 5. The van der Waals surface area contributed by atoms with Gasteiger partial charge in [-0.25, -0.2) is 4.98 Å². The number of anilines is 1. The van der Waals surface area contributed by atoms with Crippen molar-refractivity contribution in [1.29, 1.82) is 0 Å². The summed E-state index contributed by atoms with van der Waals surface area (Å²) in [4.78, 5) is 30.7. The highest BCUT2D eigenvalue weighted by molar-refractivity contribution is 7.10. The van der Waals surface area contributed by atoms with Gasteiger partial charge >= 0.3 is 0 Å². The highest BCUT2D eigenvalue weighted by atomic mass is 32.1. The van der Waals surface area contributed by atoms with Gasteiger partial charge in [-0.3, -0.25) is 9.59 Å². The van der Waals surface area contributed by atoms with Crippen LogP contribution in [0.3, 0.4) is 0 Å². The highest BCUT2D eigenvalue weighted by Gasteiger charge is 2.17. The zero-order valence-corrected chi connectivity index (χ0v) is 14.9. The van der Waals surface area contributed by atoms with Gasteiger partial charge in [0.05, 0.1) is 12.5 Å². The van der Waals surface area contributed by atoms with E-state index in [0.717, 1.165) is 16.3 Å². The number of nitrogens with one attached hydrogen (secondary N) is 2. The number of aromatic nitrogens is 1. The first kappa shape index (κ1) is 17.9. The van der Waals surface area contributed by atoms with Crippen LogP contribution in [0, 0.1) is 0 Å². The third-order valence-corrected chi connectivity index (χ3v) is 4.40. The molecule has 2 aromatic rings. The summed E-state index contributed by atoms with van der Waals surface area (Å²) in [6.45, 7) is 1.89. The van der Waals surface area contributed by atoms with Crippen molar-refractivity contribution in [3.63, 3.8) is 0 Å². The van der Waals surface area contributed by atoms with Gasteiger partial charge in [0, 0.05) is 38.6 Å². The molecule has 7 heteroatoms. The highest BCUT2D eigenvalue weighted by Crippen LogP contribution is 2.22. The maximum atomic E-state index is 12.2. The van der Waals surface area contributed by atoms with E-state index in [1.165, 1.54) is 18.3 Å². The van der Waals surface area contributed by atoms with Crippen LogP contribution in [0.2, 0.25) is 0 Å². The van der Waals surface area contributed by atoms with Crippen molar-refractivity contribution in [3.8, 4) is 0 Å². The van der Waals surface area contributed by atoms with Crippen molar-refractivity contribution in [2.24, 2.45) is 0 Å². The minimum atomic E-state index is -0.294. The molecule has 0 aliphatic rings. The number of hydrogen-bond donors (Lipinski definition) is 2. The van der Waals surface area contributed by atoms with E-state index in [9.17, 15) is 9.59 Å². The lowest BCUT2D eigenvalue weighted by Gasteiger charge is -2.16. The summed E-state index contributed by atoms with van der Waals surface area (Å²) in [6.07, 6.45) is 1.94. The van der Waals surface area contributed by atoms with E-state index in [-0.39, 0.29) is 24.3 Å². The summed E-state index contributed by atoms with van der Waals surface area (Å²) < 4.78 is 0. The summed E-state index contributed by atoms with van der Waals surface area (Å²) in [5.41, 5.74) is 0.981. The number of rotatable bonds is 7. The molecule has 128 valence electrons. The lowest BCUT2D eigenvalue weighted by molar-refractivity contribution is -0.122. The van der Waals surface area contributed by atoms with Crippen molar-refractivity contribution in [2.45, 2.75) is 25.9 Å². The van der Waals surface area contributed by atoms with Crippen molar-refractivity contribution in [3.05, 3.63) is 46.3 Å². The summed E-state index contributed by atoms with van der Waals surface area (Å²) in [5, 5.41) is 7.66. The van der Waals surface area contributed by atoms with Crippen LogP contribution in [0.25, 0.3) is 0 Å². The average molecular weight is 346 g/mol. The molecule has 0 bridgehead atoms. The van der Waals surface area contributed by atoms with Gasteiger partial charge in [0.1, 0.15) is 5.82 Å². The van der Waals surface area contributed by atoms with Gasteiger partial charge in [0.25, 0.3) is 0 Å². The van der Waals surface area contributed by atoms with E-state index in [1.54, 1.807) is 6.20 Å². The van der Waals surface area contributed by atoms with Gasteiger partial charge in [0.15, 0.2) is 0 Å². The quantitative estimate of drug-likeness (QED) is 0.805. The molecule has 24 heavy (non-hydrogen) atoms. The first-order valence-corrected chi connectivity index (χ1v) is 8.53. The molecule has 0 saturated carbocycles. The van der Waals surface area contributed by atoms with Crippen molar-refractivity contribution < 1.29 is 9.59 Å². The lowest BCUT2D eigenvalue weighted by atomic mass is 10.1. The Hall–Kier alpha value is -2.41. The molecule has 0 radical (unpaired) electrons. The van der Waals surface area contributed by atoms with E-state index in [1.807, 2.05) is 48.6 Å². The van der Waals surface area contributed by atoms with E-state index < -0.39 is 0 Å². The fourth-order valence-corrected chi connectivity index (χ4v) is 3.01. The Balaban J connectivity index is 1.94.